The normalized spacial score (nSPS) is 24.7. The van der Waals surface area contributed by atoms with E-state index in [2.05, 4.69) is 10.2 Å². The highest BCUT2D eigenvalue weighted by Gasteiger charge is 2.39. The van der Waals surface area contributed by atoms with Crippen molar-refractivity contribution in [3.05, 3.63) is 12.1 Å². The minimum absolute atomic E-state index is 0.265. The predicted octanol–water partition coefficient (Wildman–Crippen LogP) is -0.240. The van der Waals surface area contributed by atoms with Crippen molar-refractivity contribution in [2.24, 2.45) is 11.1 Å². The van der Waals surface area contributed by atoms with Gasteiger partial charge >= 0.3 is 0 Å². The number of primary amides is 1. The van der Waals surface area contributed by atoms with Gasteiger partial charge in [0.25, 0.3) is 0 Å². The molecule has 1 saturated heterocycles. The van der Waals surface area contributed by atoms with Gasteiger partial charge in [0, 0.05) is 13.1 Å². The summed E-state index contributed by atoms with van der Waals surface area (Å²) in [6.45, 7) is 3.22. The number of carbonyl (C=O) groups excluding carboxylic acids is 1. The Kier molecular flexibility index (Phi) is 2.41. The molecule has 0 saturated carbocycles. The molecule has 1 aliphatic rings. The van der Waals surface area contributed by atoms with E-state index in [1.165, 1.54) is 0 Å². The number of aromatic nitrogens is 2. The van der Waals surface area contributed by atoms with Crippen molar-refractivity contribution in [3.8, 4) is 0 Å². The zero-order valence-electron chi connectivity index (χ0n) is 9.18. The Morgan fingerprint density at radius 3 is 2.75 bits per heavy atom. The molecule has 0 radical (unpaired) electrons. The number of rotatable bonds is 2. The van der Waals surface area contributed by atoms with Gasteiger partial charge in [0.2, 0.25) is 5.91 Å². The molecule has 1 aromatic heterocycles. The maximum Gasteiger partial charge on any atom is 0.225 e. The van der Waals surface area contributed by atoms with Crippen LogP contribution >= 0.6 is 0 Å². The third-order valence-electron chi connectivity index (χ3n) is 3.06. The average molecular weight is 221 g/mol. The fourth-order valence-corrected chi connectivity index (χ4v) is 1.86. The molecular weight excluding hydrogens is 206 g/mol. The molecule has 86 valence electrons. The van der Waals surface area contributed by atoms with Crippen molar-refractivity contribution in [3.63, 3.8) is 0 Å². The summed E-state index contributed by atoms with van der Waals surface area (Å²) in [5, 5.41) is 7.77. The molecule has 1 atom stereocenters. The van der Waals surface area contributed by atoms with Crippen LogP contribution in [0.2, 0.25) is 0 Å². The zero-order chi connectivity index (χ0) is 11.8. The highest BCUT2D eigenvalue weighted by Crippen LogP contribution is 2.31. The van der Waals surface area contributed by atoms with Gasteiger partial charge in [-0.1, -0.05) is 0 Å². The van der Waals surface area contributed by atoms with E-state index in [0.29, 0.717) is 12.4 Å². The van der Waals surface area contributed by atoms with Crippen LogP contribution in [0.25, 0.3) is 0 Å². The molecule has 0 aromatic carbocycles. The van der Waals surface area contributed by atoms with E-state index < -0.39 is 5.41 Å². The van der Waals surface area contributed by atoms with Crippen molar-refractivity contribution in [1.82, 2.24) is 10.2 Å². The maximum absolute atomic E-state index is 11.3. The second kappa shape index (κ2) is 3.62. The van der Waals surface area contributed by atoms with E-state index in [0.717, 1.165) is 18.8 Å². The van der Waals surface area contributed by atoms with Crippen molar-refractivity contribution in [1.29, 1.82) is 0 Å². The standard InChI is InChI=1S/C10H15N5O/c1-10(9(12)16)4-5-15(6-10)8-3-2-7(11)13-14-8/h2-3H,4-6H2,1H3,(H2,11,13)(H2,12,16). The molecule has 2 heterocycles. The lowest BCUT2D eigenvalue weighted by Crippen LogP contribution is -2.37. The smallest absolute Gasteiger partial charge is 0.225 e. The third kappa shape index (κ3) is 1.78. The number of nitrogens with zero attached hydrogens (tertiary/aromatic N) is 3. The number of nitrogens with two attached hydrogens (primary N) is 2. The summed E-state index contributed by atoms with van der Waals surface area (Å²) in [5.74, 6) is 0.859. The van der Waals surface area contributed by atoms with Crippen LogP contribution < -0.4 is 16.4 Å². The molecule has 0 bridgehead atoms. The van der Waals surface area contributed by atoms with Crippen LogP contribution in [0, 0.1) is 5.41 Å². The quantitative estimate of drug-likeness (QED) is 0.718. The van der Waals surface area contributed by atoms with E-state index in [-0.39, 0.29) is 5.91 Å². The summed E-state index contributed by atoms with van der Waals surface area (Å²) in [5.41, 5.74) is 10.4. The molecule has 1 unspecified atom stereocenters. The second-order valence-corrected chi connectivity index (χ2v) is 4.41. The fourth-order valence-electron chi connectivity index (χ4n) is 1.86. The van der Waals surface area contributed by atoms with Gasteiger partial charge in [-0.3, -0.25) is 4.79 Å². The molecule has 1 aromatic rings. The highest BCUT2D eigenvalue weighted by atomic mass is 16.1. The van der Waals surface area contributed by atoms with Gasteiger partial charge in [0.1, 0.15) is 5.82 Å². The Labute approximate surface area is 93.6 Å². The van der Waals surface area contributed by atoms with Crippen LogP contribution in [0.5, 0.6) is 0 Å². The third-order valence-corrected chi connectivity index (χ3v) is 3.06. The molecular formula is C10H15N5O. The fraction of sp³-hybridized carbons (Fsp3) is 0.500. The van der Waals surface area contributed by atoms with Crippen LogP contribution in [-0.4, -0.2) is 29.2 Å². The average Bonchev–Trinajstić information content (AvgIpc) is 2.63. The Morgan fingerprint density at radius 2 is 2.25 bits per heavy atom. The van der Waals surface area contributed by atoms with Crippen molar-refractivity contribution >= 4 is 17.5 Å². The number of hydrogen-bond donors (Lipinski definition) is 2. The SMILES string of the molecule is CC1(C(N)=O)CCN(c2ccc(N)nn2)C1. The molecule has 16 heavy (non-hydrogen) atoms. The Balaban J connectivity index is 2.15. The zero-order valence-corrected chi connectivity index (χ0v) is 9.18. The van der Waals surface area contributed by atoms with Crippen LogP contribution in [0.3, 0.4) is 0 Å². The van der Waals surface area contributed by atoms with Crippen LogP contribution in [0.1, 0.15) is 13.3 Å². The Morgan fingerprint density at radius 1 is 1.50 bits per heavy atom. The van der Waals surface area contributed by atoms with Crippen molar-refractivity contribution < 1.29 is 4.79 Å². The highest BCUT2D eigenvalue weighted by molar-refractivity contribution is 5.82. The first-order valence-corrected chi connectivity index (χ1v) is 5.15. The van der Waals surface area contributed by atoms with E-state index >= 15 is 0 Å². The molecule has 2 rings (SSSR count). The van der Waals surface area contributed by atoms with Crippen molar-refractivity contribution in [2.45, 2.75) is 13.3 Å². The number of amides is 1. The summed E-state index contributed by atoms with van der Waals surface area (Å²) in [7, 11) is 0. The molecule has 1 aliphatic heterocycles. The van der Waals surface area contributed by atoms with Crippen molar-refractivity contribution in [2.75, 3.05) is 23.7 Å². The lowest BCUT2D eigenvalue weighted by atomic mass is 9.89. The largest absolute Gasteiger partial charge is 0.382 e. The van der Waals surface area contributed by atoms with Gasteiger partial charge in [-0.25, -0.2) is 0 Å². The molecule has 1 fully saturated rings. The minimum Gasteiger partial charge on any atom is -0.382 e. The van der Waals surface area contributed by atoms with Gasteiger partial charge < -0.3 is 16.4 Å². The molecule has 6 nitrogen and oxygen atoms in total. The van der Waals surface area contributed by atoms with Gasteiger partial charge in [-0.05, 0) is 25.5 Å². The summed E-state index contributed by atoms with van der Waals surface area (Å²) in [4.78, 5) is 13.3. The van der Waals surface area contributed by atoms with E-state index in [1.54, 1.807) is 12.1 Å². The van der Waals surface area contributed by atoms with Crippen LogP contribution in [0.4, 0.5) is 11.6 Å². The first-order chi connectivity index (χ1) is 7.51. The topological polar surface area (TPSA) is 98.1 Å². The summed E-state index contributed by atoms with van der Waals surface area (Å²) in [6, 6.07) is 3.50. The Bertz CT molecular complexity index is 404. The number of carbonyl (C=O) groups is 1. The second-order valence-electron chi connectivity index (χ2n) is 4.41. The van der Waals surface area contributed by atoms with E-state index in [4.69, 9.17) is 11.5 Å². The molecule has 4 N–H and O–H groups in total. The van der Waals surface area contributed by atoms with E-state index in [1.807, 2.05) is 11.8 Å². The number of hydrogen-bond acceptors (Lipinski definition) is 5. The molecule has 1 amide bonds. The van der Waals surface area contributed by atoms with Gasteiger partial charge in [-0.2, -0.15) is 0 Å². The molecule has 0 aliphatic carbocycles. The number of nitrogen functional groups attached to an aromatic ring is 1. The summed E-state index contributed by atoms with van der Waals surface area (Å²) < 4.78 is 0. The summed E-state index contributed by atoms with van der Waals surface area (Å²) in [6.07, 6.45) is 0.744. The van der Waals surface area contributed by atoms with Gasteiger partial charge in [-0.15, -0.1) is 10.2 Å². The van der Waals surface area contributed by atoms with Gasteiger partial charge in [0.05, 0.1) is 5.41 Å². The summed E-state index contributed by atoms with van der Waals surface area (Å²) >= 11 is 0. The number of anilines is 2. The first-order valence-electron chi connectivity index (χ1n) is 5.15. The van der Waals surface area contributed by atoms with Crippen LogP contribution in [-0.2, 0) is 4.79 Å². The Hall–Kier alpha value is -1.85. The monoisotopic (exact) mass is 221 g/mol. The van der Waals surface area contributed by atoms with Gasteiger partial charge in [0.15, 0.2) is 5.82 Å². The maximum atomic E-state index is 11.3. The predicted molar refractivity (Wildman–Crippen MR) is 60.6 cm³/mol. The minimum atomic E-state index is -0.469. The molecule has 0 spiro atoms. The molecule has 6 heteroatoms. The lowest BCUT2D eigenvalue weighted by molar-refractivity contribution is -0.125. The van der Waals surface area contributed by atoms with Crippen LogP contribution in [0.15, 0.2) is 12.1 Å². The lowest BCUT2D eigenvalue weighted by Gasteiger charge is -2.21. The first kappa shape index (κ1) is 10.7. The van der Waals surface area contributed by atoms with E-state index in [9.17, 15) is 4.79 Å².